The van der Waals surface area contributed by atoms with E-state index in [1.165, 1.54) is 0 Å². The Labute approximate surface area is 149 Å². The molecule has 8 heteroatoms. The van der Waals surface area contributed by atoms with Crippen LogP contribution in [0, 0.1) is 0 Å². The van der Waals surface area contributed by atoms with Crippen molar-refractivity contribution in [1.29, 1.82) is 0 Å². The molecule has 134 valence electrons. The highest BCUT2D eigenvalue weighted by atomic mass is 16.6. The molecule has 3 aromatic rings. The molecule has 0 saturated carbocycles. The predicted molar refractivity (Wildman–Crippen MR) is 93.9 cm³/mol. The molecule has 26 heavy (non-hydrogen) atoms. The second kappa shape index (κ2) is 5.99. The average molecular weight is 354 g/mol. The number of amides is 2. The van der Waals surface area contributed by atoms with Crippen LogP contribution in [0.25, 0.3) is 11.0 Å². The molecule has 0 saturated heterocycles. The lowest BCUT2D eigenvalue weighted by Crippen LogP contribution is -2.54. The molecule has 0 bridgehead atoms. The maximum Gasteiger partial charge on any atom is 0.319 e. The molecule has 0 spiro atoms. The van der Waals surface area contributed by atoms with Crippen molar-refractivity contribution in [3.8, 4) is 5.75 Å². The molecule has 0 fully saturated rings. The number of fused-ring (bicyclic) bond motifs is 2. The molecule has 0 aliphatic carbocycles. The first-order chi connectivity index (χ1) is 12.4. The normalized spacial score (nSPS) is 20.9. The minimum atomic E-state index is -0.964. The van der Waals surface area contributed by atoms with Crippen LogP contribution in [0.15, 0.2) is 47.1 Å². The fourth-order valence-electron chi connectivity index (χ4n) is 3.06. The van der Waals surface area contributed by atoms with Gasteiger partial charge in [-0.2, -0.15) is 0 Å². The van der Waals surface area contributed by atoms with E-state index in [0.29, 0.717) is 28.0 Å². The zero-order valence-corrected chi connectivity index (χ0v) is 14.3. The Hall–Kier alpha value is -3.13. The first kappa shape index (κ1) is 16.3. The van der Waals surface area contributed by atoms with Gasteiger partial charge in [-0.05, 0) is 42.4 Å². The van der Waals surface area contributed by atoms with Gasteiger partial charge in [0, 0.05) is 17.3 Å². The lowest BCUT2D eigenvalue weighted by atomic mass is 9.86. The standard InChI is InChI=1S/C18H18N4O4/c1-18(2)16(23)15(20-17(24)19-10-6-4-3-5-7-10)11-8-12-13(22-26-21-12)9-14(11)25-18/h3-9,15-16,23H,1-2H3,(H2,19,20,24)/t15-,16+/m1/s1. The SMILES string of the molecule is CC1(C)Oc2cc3nonc3cc2[C@@H](NC(=O)Nc2ccccc2)[C@@H]1O. The van der Waals surface area contributed by atoms with Crippen LogP contribution in [-0.2, 0) is 0 Å². The molecule has 2 atom stereocenters. The summed E-state index contributed by atoms with van der Waals surface area (Å²) in [6, 6.07) is 11.4. The zero-order valence-electron chi connectivity index (χ0n) is 14.3. The van der Waals surface area contributed by atoms with Crippen LogP contribution in [0.1, 0.15) is 25.5 Å². The van der Waals surface area contributed by atoms with Gasteiger partial charge in [0.2, 0.25) is 0 Å². The van der Waals surface area contributed by atoms with Gasteiger partial charge >= 0.3 is 6.03 Å². The largest absolute Gasteiger partial charge is 0.485 e. The minimum absolute atomic E-state index is 0.428. The van der Waals surface area contributed by atoms with Crippen molar-refractivity contribution in [2.45, 2.75) is 31.6 Å². The van der Waals surface area contributed by atoms with Gasteiger partial charge in [-0.25, -0.2) is 9.42 Å². The average Bonchev–Trinajstić information content (AvgIpc) is 3.05. The monoisotopic (exact) mass is 354 g/mol. The van der Waals surface area contributed by atoms with E-state index in [1.54, 1.807) is 38.1 Å². The minimum Gasteiger partial charge on any atom is -0.485 e. The maximum absolute atomic E-state index is 12.4. The Morgan fingerprint density at radius 1 is 1.15 bits per heavy atom. The summed E-state index contributed by atoms with van der Waals surface area (Å²) in [5.74, 6) is 0.522. The molecular weight excluding hydrogens is 336 g/mol. The third-order valence-electron chi connectivity index (χ3n) is 4.44. The van der Waals surface area contributed by atoms with Crippen LogP contribution in [0.5, 0.6) is 5.75 Å². The van der Waals surface area contributed by atoms with Crippen molar-refractivity contribution in [2.75, 3.05) is 5.32 Å². The zero-order chi connectivity index (χ0) is 18.3. The van der Waals surface area contributed by atoms with Crippen molar-refractivity contribution in [1.82, 2.24) is 15.6 Å². The smallest absolute Gasteiger partial charge is 0.319 e. The molecule has 2 heterocycles. The molecule has 1 aliphatic heterocycles. The van der Waals surface area contributed by atoms with Gasteiger partial charge in [0.15, 0.2) is 0 Å². The van der Waals surface area contributed by atoms with Gasteiger partial charge in [0.25, 0.3) is 0 Å². The number of carbonyl (C=O) groups excluding carboxylic acids is 1. The van der Waals surface area contributed by atoms with Crippen molar-refractivity contribution in [3.05, 3.63) is 48.0 Å². The van der Waals surface area contributed by atoms with Crippen LogP contribution in [0.2, 0.25) is 0 Å². The van der Waals surface area contributed by atoms with E-state index >= 15 is 0 Å². The summed E-state index contributed by atoms with van der Waals surface area (Å²) >= 11 is 0. The van der Waals surface area contributed by atoms with Crippen LogP contribution in [0.4, 0.5) is 10.5 Å². The summed E-state index contributed by atoms with van der Waals surface area (Å²) in [7, 11) is 0. The Kier molecular flexibility index (Phi) is 3.77. The van der Waals surface area contributed by atoms with Gasteiger partial charge in [0.05, 0.1) is 6.04 Å². The number of anilines is 1. The van der Waals surface area contributed by atoms with E-state index in [2.05, 4.69) is 20.9 Å². The highest BCUT2D eigenvalue weighted by Gasteiger charge is 2.44. The van der Waals surface area contributed by atoms with Crippen LogP contribution in [-0.4, -0.2) is 33.2 Å². The van der Waals surface area contributed by atoms with Gasteiger partial charge in [-0.3, -0.25) is 0 Å². The number of urea groups is 1. The second-order valence-electron chi connectivity index (χ2n) is 6.74. The number of aromatic nitrogens is 2. The summed E-state index contributed by atoms with van der Waals surface area (Å²) in [5.41, 5.74) is 1.44. The molecule has 1 aliphatic rings. The number of hydrogen-bond acceptors (Lipinski definition) is 6. The Morgan fingerprint density at radius 3 is 2.58 bits per heavy atom. The van der Waals surface area contributed by atoms with Gasteiger partial charge in [0.1, 0.15) is 28.5 Å². The molecule has 0 radical (unpaired) electrons. The van der Waals surface area contributed by atoms with Gasteiger partial charge < -0.3 is 20.5 Å². The molecule has 2 amide bonds. The Bertz CT molecular complexity index is 954. The summed E-state index contributed by atoms with van der Waals surface area (Å²) in [6.07, 6.45) is -0.964. The predicted octanol–water partition coefficient (Wildman–Crippen LogP) is 2.62. The topological polar surface area (TPSA) is 110 Å². The quantitative estimate of drug-likeness (QED) is 0.653. The number of rotatable bonds is 2. The van der Waals surface area contributed by atoms with E-state index in [9.17, 15) is 9.90 Å². The number of carbonyl (C=O) groups is 1. The molecular formula is C18H18N4O4. The summed E-state index contributed by atoms with van der Waals surface area (Å²) in [4.78, 5) is 12.4. The highest BCUT2D eigenvalue weighted by molar-refractivity contribution is 5.89. The molecule has 0 unspecified atom stereocenters. The van der Waals surface area contributed by atoms with Crippen LogP contribution >= 0.6 is 0 Å². The lowest BCUT2D eigenvalue weighted by Gasteiger charge is -2.42. The van der Waals surface area contributed by atoms with E-state index in [0.717, 1.165) is 0 Å². The van der Waals surface area contributed by atoms with Crippen LogP contribution in [0.3, 0.4) is 0 Å². The molecule has 3 N–H and O–H groups in total. The number of benzene rings is 2. The number of ether oxygens (including phenoxy) is 1. The number of aliphatic hydroxyl groups is 1. The Balaban J connectivity index is 1.66. The van der Waals surface area contributed by atoms with E-state index in [4.69, 9.17) is 9.37 Å². The van der Waals surface area contributed by atoms with E-state index in [-0.39, 0.29) is 0 Å². The number of aliphatic hydroxyl groups excluding tert-OH is 1. The fourth-order valence-corrected chi connectivity index (χ4v) is 3.06. The van der Waals surface area contributed by atoms with Crippen molar-refractivity contribution in [3.63, 3.8) is 0 Å². The third kappa shape index (κ3) is 2.84. The molecule has 4 rings (SSSR count). The summed E-state index contributed by atoms with van der Waals surface area (Å²) < 4.78 is 10.6. The third-order valence-corrected chi connectivity index (χ3v) is 4.44. The van der Waals surface area contributed by atoms with E-state index < -0.39 is 23.8 Å². The van der Waals surface area contributed by atoms with Crippen molar-refractivity contribution in [2.24, 2.45) is 0 Å². The summed E-state index contributed by atoms with van der Waals surface area (Å²) in [6.45, 7) is 3.52. The fraction of sp³-hybridized carbons (Fsp3) is 0.278. The van der Waals surface area contributed by atoms with Gasteiger partial charge in [-0.1, -0.05) is 18.2 Å². The lowest BCUT2D eigenvalue weighted by molar-refractivity contribution is -0.0617. The van der Waals surface area contributed by atoms with Crippen molar-refractivity contribution >= 4 is 22.8 Å². The van der Waals surface area contributed by atoms with Crippen LogP contribution < -0.4 is 15.4 Å². The summed E-state index contributed by atoms with van der Waals surface area (Å²) in [5, 5.41) is 24.0. The molecule has 8 nitrogen and oxygen atoms in total. The Morgan fingerprint density at radius 2 is 1.85 bits per heavy atom. The highest BCUT2D eigenvalue weighted by Crippen LogP contribution is 2.41. The van der Waals surface area contributed by atoms with E-state index in [1.807, 2.05) is 18.2 Å². The number of hydrogen-bond donors (Lipinski definition) is 3. The molecule has 1 aromatic heterocycles. The molecule has 2 aromatic carbocycles. The van der Waals surface area contributed by atoms with Crippen molar-refractivity contribution < 1.29 is 19.3 Å². The maximum atomic E-state index is 12.4. The van der Waals surface area contributed by atoms with Gasteiger partial charge in [-0.15, -0.1) is 0 Å². The number of nitrogens with one attached hydrogen (secondary N) is 2. The first-order valence-corrected chi connectivity index (χ1v) is 8.20. The number of para-hydroxylation sites is 1. The first-order valence-electron chi connectivity index (χ1n) is 8.20. The number of nitrogens with zero attached hydrogens (tertiary/aromatic N) is 2. The second-order valence-corrected chi connectivity index (χ2v) is 6.74.